The summed E-state index contributed by atoms with van der Waals surface area (Å²) in [6.07, 6.45) is 2.20. The van der Waals surface area contributed by atoms with Gasteiger partial charge in [0.2, 0.25) is 0 Å². The molecule has 1 aromatic carbocycles. The van der Waals surface area contributed by atoms with Gasteiger partial charge in [0.25, 0.3) is 5.91 Å². The molecule has 0 spiro atoms. The molecule has 2 fully saturated rings. The maximum atomic E-state index is 12.3. The molecule has 1 aliphatic carbocycles. The molecular weight excluding hydrogens is 394 g/mol. The number of rotatable bonds is 7. The van der Waals surface area contributed by atoms with Gasteiger partial charge in [-0.25, -0.2) is 9.97 Å². The second-order valence-electron chi connectivity index (χ2n) is 8.20. The lowest BCUT2D eigenvalue weighted by molar-refractivity contribution is 0.0951. The fraction of sp³-hybridized carbons (Fsp3) is 0.522. The predicted octanol–water partition coefficient (Wildman–Crippen LogP) is 3.42. The average molecular weight is 426 g/mol. The summed E-state index contributed by atoms with van der Waals surface area (Å²) in [5.41, 5.74) is 4.06. The van der Waals surface area contributed by atoms with E-state index in [0.717, 1.165) is 79.1 Å². The lowest BCUT2D eigenvalue weighted by Crippen LogP contribution is -2.46. The topological polar surface area (TPSA) is 61.4 Å². The second-order valence-corrected chi connectivity index (χ2v) is 9.14. The molecule has 2 aliphatic rings. The van der Waals surface area contributed by atoms with Gasteiger partial charge in [-0.05, 0) is 50.9 Å². The number of aromatic nitrogens is 2. The van der Waals surface area contributed by atoms with Crippen LogP contribution in [-0.4, -0.2) is 59.5 Å². The van der Waals surface area contributed by atoms with Crippen LogP contribution >= 0.6 is 11.8 Å². The Kier molecular flexibility index (Phi) is 6.58. The minimum Gasteiger partial charge on any atom is -0.354 e. The molecule has 4 rings (SSSR count). The van der Waals surface area contributed by atoms with Crippen LogP contribution in [0.5, 0.6) is 0 Å². The van der Waals surface area contributed by atoms with Crippen LogP contribution in [0.2, 0.25) is 0 Å². The number of nitrogens with zero attached hydrogens (tertiary/aromatic N) is 4. The van der Waals surface area contributed by atoms with Gasteiger partial charge in [0, 0.05) is 54.8 Å². The fourth-order valence-corrected chi connectivity index (χ4v) is 4.51. The Hall–Kier alpha value is -2.12. The van der Waals surface area contributed by atoms with E-state index in [9.17, 15) is 4.79 Å². The number of carbonyl (C=O) groups is 1. The molecule has 0 unspecified atom stereocenters. The van der Waals surface area contributed by atoms with Gasteiger partial charge in [0.15, 0.2) is 5.16 Å². The molecule has 160 valence electrons. The van der Waals surface area contributed by atoms with E-state index < -0.39 is 0 Å². The SMILES string of the molecule is CCN1CCN(c2nc(SCc3cccc(C(=O)NC4CC4)c3)nc(C)c2C)CC1. The number of likely N-dealkylation sites (N-methyl/N-ethyl adjacent to an activating group) is 1. The van der Waals surface area contributed by atoms with Crippen LogP contribution < -0.4 is 10.2 Å². The van der Waals surface area contributed by atoms with Crippen LogP contribution in [0.1, 0.15) is 46.9 Å². The molecule has 1 N–H and O–H groups in total. The first-order chi connectivity index (χ1) is 14.5. The van der Waals surface area contributed by atoms with Crippen LogP contribution in [0.25, 0.3) is 0 Å². The smallest absolute Gasteiger partial charge is 0.251 e. The zero-order valence-electron chi connectivity index (χ0n) is 18.1. The zero-order chi connectivity index (χ0) is 21.1. The third-order valence-corrected chi connectivity index (χ3v) is 6.85. The van der Waals surface area contributed by atoms with Crippen LogP contribution in [0.4, 0.5) is 5.82 Å². The van der Waals surface area contributed by atoms with Crippen molar-refractivity contribution < 1.29 is 4.79 Å². The predicted molar refractivity (Wildman–Crippen MR) is 122 cm³/mol. The van der Waals surface area contributed by atoms with Crippen LogP contribution in [-0.2, 0) is 5.75 Å². The van der Waals surface area contributed by atoms with E-state index in [1.54, 1.807) is 11.8 Å². The van der Waals surface area contributed by atoms with Crippen molar-refractivity contribution in [3.05, 3.63) is 46.6 Å². The summed E-state index contributed by atoms with van der Waals surface area (Å²) >= 11 is 1.64. The van der Waals surface area contributed by atoms with Gasteiger partial charge in [-0.3, -0.25) is 4.79 Å². The molecule has 30 heavy (non-hydrogen) atoms. The normalized spacial score (nSPS) is 17.2. The van der Waals surface area contributed by atoms with Crippen molar-refractivity contribution in [3.8, 4) is 0 Å². The number of hydrogen-bond donors (Lipinski definition) is 1. The van der Waals surface area contributed by atoms with Crippen molar-refractivity contribution in [1.82, 2.24) is 20.2 Å². The van der Waals surface area contributed by atoms with Crippen molar-refractivity contribution in [1.29, 1.82) is 0 Å². The van der Waals surface area contributed by atoms with E-state index in [2.05, 4.69) is 42.0 Å². The van der Waals surface area contributed by atoms with Crippen LogP contribution in [0.3, 0.4) is 0 Å². The summed E-state index contributed by atoms with van der Waals surface area (Å²) in [6.45, 7) is 11.7. The molecule has 0 radical (unpaired) electrons. The molecule has 7 heteroatoms. The van der Waals surface area contributed by atoms with Crippen LogP contribution in [0.15, 0.2) is 29.4 Å². The Bertz CT molecular complexity index is 906. The maximum absolute atomic E-state index is 12.3. The number of anilines is 1. The quantitative estimate of drug-likeness (QED) is 0.542. The Morgan fingerprint density at radius 2 is 1.93 bits per heavy atom. The Morgan fingerprint density at radius 1 is 1.17 bits per heavy atom. The first kappa shape index (κ1) is 21.1. The number of aryl methyl sites for hydroxylation is 1. The number of benzene rings is 1. The molecule has 0 atom stereocenters. The summed E-state index contributed by atoms with van der Waals surface area (Å²) < 4.78 is 0. The number of thioether (sulfide) groups is 1. The van der Waals surface area contributed by atoms with Crippen molar-refractivity contribution in [2.24, 2.45) is 0 Å². The monoisotopic (exact) mass is 425 g/mol. The second kappa shape index (κ2) is 9.35. The Morgan fingerprint density at radius 3 is 2.63 bits per heavy atom. The molecule has 1 aromatic heterocycles. The van der Waals surface area contributed by atoms with Crippen molar-refractivity contribution in [3.63, 3.8) is 0 Å². The number of nitrogens with one attached hydrogen (secondary N) is 1. The van der Waals surface area contributed by atoms with Gasteiger partial charge in [0.05, 0.1) is 0 Å². The summed E-state index contributed by atoms with van der Waals surface area (Å²) in [5, 5.41) is 3.86. The molecule has 6 nitrogen and oxygen atoms in total. The Labute approximate surface area is 183 Å². The third kappa shape index (κ3) is 5.13. The first-order valence-corrected chi connectivity index (χ1v) is 11.9. The maximum Gasteiger partial charge on any atom is 0.251 e. The van der Waals surface area contributed by atoms with Crippen molar-refractivity contribution >= 4 is 23.5 Å². The highest BCUT2D eigenvalue weighted by molar-refractivity contribution is 7.98. The summed E-state index contributed by atoms with van der Waals surface area (Å²) in [4.78, 5) is 26.8. The van der Waals surface area contributed by atoms with Gasteiger partial charge >= 0.3 is 0 Å². The Balaban J connectivity index is 1.43. The molecule has 1 saturated carbocycles. The number of hydrogen-bond acceptors (Lipinski definition) is 6. The average Bonchev–Trinajstić information content (AvgIpc) is 3.59. The molecule has 1 aliphatic heterocycles. The summed E-state index contributed by atoms with van der Waals surface area (Å²) in [5.74, 6) is 1.84. The van der Waals surface area contributed by atoms with Gasteiger partial charge in [-0.2, -0.15) is 0 Å². The van der Waals surface area contributed by atoms with Gasteiger partial charge in [-0.1, -0.05) is 30.8 Å². The van der Waals surface area contributed by atoms with Gasteiger partial charge in [0.1, 0.15) is 5.82 Å². The number of carbonyl (C=O) groups excluding carboxylic acids is 1. The number of amides is 1. The largest absolute Gasteiger partial charge is 0.354 e. The highest BCUT2D eigenvalue weighted by Gasteiger charge is 2.24. The molecule has 2 aromatic rings. The third-order valence-electron chi connectivity index (χ3n) is 5.93. The van der Waals surface area contributed by atoms with E-state index in [4.69, 9.17) is 9.97 Å². The van der Waals surface area contributed by atoms with E-state index in [-0.39, 0.29) is 5.91 Å². The van der Waals surface area contributed by atoms with E-state index in [1.165, 1.54) is 5.56 Å². The first-order valence-electron chi connectivity index (χ1n) is 10.9. The van der Waals surface area contributed by atoms with E-state index >= 15 is 0 Å². The molecule has 2 heterocycles. The van der Waals surface area contributed by atoms with Crippen molar-refractivity contribution in [2.75, 3.05) is 37.6 Å². The lowest BCUT2D eigenvalue weighted by atomic mass is 10.1. The fourth-order valence-electron chi connectivity index (χ4n) is 3.68. The minimum absolute atomic E-state index is 0.0280. The summed E-state index contributed by atoms with van der Waals surface area (Å²) in [6, 6.07) is 8.25. The van der Waals surface area contributed by atoms with Crippen LogP contribution in [0, 0.1) is 13.8 Å². The standard InChI is InChI=1S/C23H31N5OS/c1-4-27-10-12-28(13-11-27)21-16(2)17(3)24-23(26-21)30-15-18-6-5-7-19(14-18)22(29)25-20-8-9-20/h5-7,14,20H,4,8-13,15H2,1-3H3,(H,25,29). The summed E-state index contributed by atoms with van der Waals surface area (Å²) in [7, 11) is 0. The van der Waals surface area contributed by atoms with E-state index in [1.807, 2.05) is 18.2 Å². The molecular formula is C23H31N5OS. The molecule has 1 saturated heterocycles. The minimum atomic E-state index is 0.0280. The lowest BCUT2D eigenvalue weighted by Gasteiger charge is -2.35. The van der Waals surface area contributed by atoms with Crippen molar-refractivity contribution in [2.45, 2.75) is 50.6 Å². The highest BCUT2D eigenvalue weighted by Crippen LogP contribution is 2.27. The van der Waals surface area contributed by atoms with Gasteiger partial charge in [-0.15, -0.1) is 0 Å². The zero-order valence-corrected chi connectivity index (χ0v) is 19.0. The van der Waals surface area contributed by atoms with E-state index in [0.29, 0.717) is 6.04 Å². The highest BCUT2D eigenvalue weighted by atomic mass is 32.2. The van der Waals surface area contributed by atoms with Gasteiger partial charge < -0.3 is 15.1 Å². The molecule has 0 bridgehead atoms. The molecule has 1 amide bonds. The number of piperazine rings is 1.